The van der Waals surface area contributed by atoms with E-state index in [1.165, 1.54) is 10.7 Å². The van der Waals surface area contributed by atoms with Gasteiger partial charge in [-0.15, -0.1) is 0 Å². The van der Waals surface area contributed by atoms with Gasteiger partial charge in [0.1, 0.15) is 5.75 Å². The van der Waals surface area contributed by atoms with Crippen LogP contribution < -0.4 is 15.6 Å². The fourth-order valence-corrected chi connectivity index (χ4v) is 2.80. The van der Waals surface area contributed by atoms with Gasteiger partial charge in [-0.1, -0.05) is 30.3 Å². The first-order valence-corrected chi connectivity index (χ1v) is 9.19. The van der Waals surface area contributed by atoms with Gasteiger partial charge in [0.05, 0.1) is 12.8 Å². The van der Waals surface area contributed by atoms with Crippen molar-refractivity contribution in [2.75, 3.05) is 7.11 Å². The van der Waals surface area contributed by atoms with Crippen molar-refractivity contribution in [3.63, 3.8) is 0 Å². The highest BCUT2D eigenvalue weighted by atomic mass is 16.5. The summed E-state index contributed by atoms with van der Waals surface area (Å²) in [5.41, 5.74) is 2.48. The Labute approximate surface area is 163 Å². The molecule has 0 aliphatic heterocycles. The fourth-order valence-electron chi connectivity index (χ4n) is 2.80. The number of nitrogens with one attached hydrogen (secondary N) is 1. The van der Waals surface area contributed by atoms with Crippen molar-refractivity contribution in [1.82, 2.24) is 15.1 Å². The minimum Gasteiger partial charge on any atom is -0.497 e. The van der Waals surface area contributed by atoms with Crippen molar-refractivity contribution in [1.29, 1.82) is 0 Å². The van der Waals surface area contributed by atoms with Gasteiger partial charge >= 0.3 is 0 Å². The lowest BCUT2D eigenvalue weighted by molar-refractivity contribution is -0.121. The van der Waals surface area contributed by atoms with Gasteiger partial charge in [-0.2, -0.15) is 5.10 Å². The van der Waals surface area contributed by atoms with Crippen molar-refractivity contribution < 1.29 is 9.53 Å². The highest BCUT2D eigenvalue weighted by Gasteiger charge is 2.06. The molecule has 0 aliphatic rings. The van der Waals surface area contributed by atoms with Crippen LogP contribution in [0, 0.1) is 0 Å². The number of ether oxygens (including phenoxy) is 1. The van der Waals surface area contributed by atoms with Crippen molar-refractivity contribution >= 4 is 5.91 Å². The van der Waals surface area contributed by atoms with Gasteiger partial charge in [0.2, 0.25) is 5.91 Å². The summed E-state index contributed by atoms with van der Waals surface area (Å²) in [6, 6.07) is 20.5. The number of hydrogen-bond acceptors (Lipinski definition) is 4. The third-order valence-electron chi connectivity index (χ3n) is 4.36. The Bertz CT molecular complexity index is 966. The Kier molecular flexibility index (Phi) is 6.57. The summed E-state index contributed by atoms with van der Waals surface area (Å²) in [7, 11) is 1.61. The largest absolute Gasteiger partial charge is 0.497 e. The lowest BCUT2D eigenvalue weighted by Crippen LogP contribution is -2.25. The van der Waals surface area contributed by atoms with Crippen LogP contribution in [0.3, 0.4) is 0 Å². The van der Waals surface area contributed by atoms with E-state index in [0.717, 1.165) is 16.9 Å². The van der Waals surface area contributed by atoms with Crippen molar-refractivity contribution in [3.8, 4) is 17.0 Å². The molecule has 28 heavy (non-hydrogen) atoms. The summed E-state index contributed by atoms with van der Waals surface area (Å²) in [5, 5.41) is 7.31. The van der Waals surface area contributed by atoms with Gasteiger partial charge < -0.3 is 10.1 Å². The molecule has 0 unspecified atom stereocenters. The number of hydrogen-bond donors (Lipinski definition) is 1. The van der Waals surface area contributed by atoms with E-state index in [9.17, 15) is 9.59 Å². The molecule has 0 saturated carbocycles. The lowest BCUT2D eigenvalue weighted by atomic mass is 10.1. The molecule has 2 aromatic carbocycles. The quantitative estimate of drug-likeness (QED) is 0.655. The Hall–Kier alpha value is -3.41. The monoisotopic (exact) mass is 377 g/mol. The molecule has 6 heteroatoms. The molecule has 1 heterocycles. The van der Waals surface area contributed by atoms with Gasteiger partial charge in [-0.3, -0.25) is 9.59 Å². The third kappa shape index (κ3) is 5.30. The van der Waals surface area contributed by atoms with Gasteiger partial charge in [0.25, 0.3) is 5.56 Å². The molecule has 1 N–H and O–H groups in total. The van der Waals surface area contributed by atoms with Crippen molar-refractivity contribution in [2.24, 2.45) is 0 Å². The number of carbonyl (C=O) groups is 1. The lowest BCUT2D eigenvalue weighted by Gasteiger charge is -2.08. The van der Waals surface area contributed by atoms with Crippen LogP contribution in [0.1, 0.15) is 18.4 Å². The Morgan fingerprint density at radius 3 is 2.50 bits per heavy atom. The number of methoxy groups -OCH3 is 1. The summed E-state index contributed by atoms with van der Waals surface area (Å²) in [6.45, 7) is 0.895. The normalized spacial score (nSPS) is 10.5. The molecule has 0 saturated heterocycles. The Balaban J connectivity index is 1.55. The first kappa shape index (κ1) is 19.4. The average Bonchev–Trinajstić information content (AvgIpc) is 2.74. The van der Waals surface area contributed by atoms with Crippen LogP contribution in [0.25, 0.3) is 11.3 Å². The van der Waals surface area contributed by atoms with Crippen LogP contribution in [-0.4, -0.2) is 22.8 Å². The van der Waals surface area contributed by atoms with Crippen LogP contribution in [0.15, 0.2) is 71.5 Å². The number of nitrogens with zero attached hydrogens (tertiary/aromatic N) is 2. The van der Waals surface area contributed by atoms with E-state index in [2.05, 4.69) is 10.4 Å². The van der Waals surface area contributed by atoms with Gasteiger partial charge in [0, 0.05) is 31.1 Å². The maximum atomic E-state index is 12.1. The summed E-state index contributed by atoms with van der Waals surface area (Å²) in [5.74, 6) is 0.724. The molecular formula is C22H23N3O3. The van der Waals surface area contributed by atoms with Crippen LogP contribution in [0.4, 0.5) is 0 Å². The molecule has 3 aromatic rings. The molecule has 0 spiro atoms. The molecule has 1 amide bonds. The van der Waals surface area contributed by atoms with E-state index in [4.69, 9.17) is 4.74 Å². The standard InChI is InChI=1S/C22H23N3O3/c1-28-19-11-9-18(10-12-19)20-13-14-22(27)25(24-20)15-5-8-21(26)23-16-17-6-3-2-4-7-17/h2-4,6-7,9-14H,5,8,15-16H2,1H3,(H,23,26). The van der Waals surface area contributed by atoms with Crippen LogP contribution in [-0.2, 0) is 17.9 Å². The predicted octanol–water partition coefficient (Wildman–Crippen LogP) is 3.02. The van der Waals surface area contributed by atoms with Crippen LogP contribution >= 0.6 is 0 Å². The Morgan fingerprint density at radius 1 is 1.04 bits per heavy atom. The zero-order valence-electron chi connectivity index (χ0n) is 15.8. The zero-order chi connectivity index (χ0) is 19.8. The van der Waals surface area contributed by atoms with E-state index >= 15 is 0 Å². The SMILES string of the molecule is COc1ccc(-c2ccc(=O)n(CCCC(=O)NCc3ccccc3)n2)cc1. The van der Waals surface area contributed by atoms with Crippen molar-refractivity contribution in [2.45, 2.75) is 25.9 Å². The molecular weight excluding hydrogens is 354 g/mol. The topological polar surface area (TPSA) is 73.2 Å². The minimum absolute atomic E-state index is 0.0387. The minimum atomic E-state index is -0.179. The molecule has 0 bridgehead atoms. The predicted molar refractivity (Wildman–Crippen MR) is 108 cm³/mol. The van der Waals surface area contributed by atoms with E-state index in [1.807, 2.05) is 54.6 Å². The third-order valence-corrected chi connectivity index (χ3v) is 4.36. The van der Waals surface area contributed by atoms with E-state index in [0.29, 0.717) is 31.6 Å². The smallest absolute Gasteiger partial charge is 0.266 e. The molecule has 0 atom stereocenters. The molecule has 3 rings (SSSR count). The molecule has 144 valence electrons. The van der Waals surface area contributed by atoms with Crippen LogP contribution in [0.2, 0.25) is 0 Å². The maximum Gasteiger partial charge on any atom is 0.266 e. The van der Waals surface area contributed by atoms with Gasteiger partial charge in [-0.05, 0) is 42.3 Å². The van der Waals surface area contributed by atoms with Crippen molar-refractivity contribution in [3.05, 3.63) is 82.6 Å². The number of benzene rings is 2. The van der Waals surface area contributed by atoms with Gasteiger partial charge in [0.15, 0.2) is 0 Å². The van der Waals surface area contributed by atoms with Crippen LogP contribution in [0.5, 0.6) is 5.75 Å². The number of rotatable bonds is 8. The zero-order valence-corrected chi connectivity index (χ0v) is 15.8. The molecule has 0 aliphatic carbocycles. The second-order valence-electron chi connectivity index (χ2n) is 6.37. The summed E-state index contributed by atoms with van der Waals surface area (Å²) in [6.07, 6.45) is 0.882. The molecule has 0 radical (unpaired) electrons. The van der Waals surface area contributed by atoms with Gasteiger partial charge in [-0.25, -0.2) is 4.68 Å². The first-order chi connectivity index (χ1) is 13.7. The molecule has 1 aromatic heterocycles. The highest BCUT2D eigenvalue weighted by Crippen LogP contribution is 2.19. The Morgan fingerprint density at radius 2 is 1.79 bits per heavy atom. The highest BCUT2D eigenvalue weighted by molar-refractivity contribution is 5.75. The summed E-state index contributed by atoms with van der Waals surface area (Å²) >= 11 is 0. The average molecular weight is 377 g/mol. The second kappa shape index (κ2) is 9.50. The summed E-state index contributed by atoms with van der Waals surface area (Å²) < 4.78 is 6.56. The number of aryl methyl sites for hydroxylation is 1. The fraction of sp³-hybridized carbons (Fsp3) is 0.227. The molecule has 0 fully saturated rings. The number of aromatic nitrogens is 2. The number of carbonyl (C=O) groups excluding carboxylic acids is 1. The number of amides is 1. The van der Waals surface area contributed by atoms with E-state index in [1.54, 1.807) is 13.2 Å². The molecule has 6 nitrogen and oxygen atoms in total. The first-order valence-electron chi connectivity index (χ1n) is 9.19. The van der Waals surface area contributed by atoms with E-state index < -0.39 is 0 Å². The summed E-state index contributed by atoms with van der Waals surface area (Å²) in [4.78, 5) is 24.1. The maximum absolute atomic E-state index is 12.1. The second-order valence-corrected chi connectivity index (χ2v) is 6.37. The van der Waals surface area contributed by atoms with E-state index in [-0.39, 0.29) is 11.5 Å².